The zero-order valence-electron chi connectivity index (χ0n) is 9.45. The molecule has 1 saturated carbocycles. The van der Waals surface area contributed by atoms with Gasteiger partial charge in [0, 0.05) is 18.6 Å². The first-order chi connectivity index (χ1) is 7.92. The van der Waals surface area contributed by atoms with Crippen LogP contribution >= 0.6 is 0 Å². The SMILES string of the molecule is c1nc(CNC2CC2)oc1C1CCCOC1. The molecule has 1 aliphatic carbocycles. The van der Waals surface area contributed by atoms with Gasteiger partial charge in [-0.3, -0.25) is 0 Å². The van der Waals surface area contributed by atoms with E-state index in [9.17, 15) is 0 Å². The summed E-state index contributed by atoms with van der Waals surface area (Å²) in [5.74, 6) is 2.22. The van der Waals surface area contributed by atoms with Gasteiger partial charge in [0.1, 0.15) is 5.76 Å². The molecule has 16 heavy (non-hydrogen) atoms. The lowest BCUT2D eigenvalue weighted by Crippen LogP contribution is -2.16. The van der Waals surface area contributed by atoms with Crippen LogP contribution in [0.5, 0.6) is 0 Å². The maximum atomic E-state index is 5.75. The molecule has 2 fully saturated rings. The Labute approximate surface area is 95.4 Å². The van der Waals surface area contributed by atoms with Crippen LogP contribution in [0.25, 0.3) is 0 Å². The highest BCUT2D eigenvalue weighted by molar-refractivity contribution is 5.03. The molecule has 0 amide bonds. The van der Waals surface area contributed by atoms with E-state index in [1.165, 1.54) is 12.8 Å². The molecule has 1 aromatic heterocycles. The molecule has 1 N–H and O–H groups in total. The van der Waals surface area contributed by atoms with Crippen LogP contribution in [0.3, 0.4) is 0 Å². The van der Waals surface area contributed by atoms with Crippen molar-refractivity contribution >= 4 is 0 Å². The molecule has 0 radical (unpaired) electrons. The van der Waals surface area contributed by atoms with Crippen molar-refractivity contribution in [2.24, 2.45) is 0 Å². The second-order valence-electron chi connectivity index (χ2n) is 4.73. The third kappa shape index (κ3) is 2.44. The van der Waals surface area contributed by atoms with Crippen molar-refractivity contribution in [1.29, 1.82) is 0 Å². The minimum absolute atomic E-state index is 0.413. The second kappa shape index (κ2) is 4.55. The normalized spacial score (nSPS) is 25.9. The molecular weight excluding hydrogens is 204 g/mol. The first-order valence-electron chi connectivity index (χ1n) is 6.17. The van der Waals surface area contributed by atoms with Gasteiger partial charge < -0.3 is 14.5 Å². The maximum absolute atomic E-state index is 5.75. The molecule has 1 aliphatic heterocycles. The van der Waals surface area contributed by atoms with Crippen molar-refractivity contribution in [3.8, 4) is 0 Å². The van der Waals surface area contributed by atoms with Gasteiger partial charge >= 0.3 is 0 Å². The highest BCUT2D eigenvalue weighted by Crippen LogP contribution is 2.26. The average Bonchev–Trinajstić information content (AvgIpc) is 3.05. The molecule has 0 aromatic carbocycles. The minimum atomic E-state index is 0.413. The standard InChI is InChI=1S/C12H18N2O2/c1-2-9(8-15-5-1)11-6-14-12(16-11)7-13-10-3-4-10/h6,9-10,13H,1-5,7-8H2. The van der Waals surface area contributed by atoms with E-state index in [1.807, 2.05) is 6.20 Å². The molecule has 0 bridgehead atoms. The molecule has 1 atom stereocenters. The van der Waals surface area contributed by atoms with E-state index in [0.717, 1.165) is 44.3 Å². The molecule has 4 nitrogen and oxygen atoms in total. The number of hydrogen-bond donors (Lipinski definition) is 1. The molecule has 1 saturated heterocycles. The van der Waals surface area contributed by atoms with Crippen molar-refractivity contribution in [1.82, 2.24) is 10.3 Å². The lowest BCUT2D eigenvalue weighted by Gasteiger charge is -2.19. The summed E-state index contributed by atoms with van der Waals surface area (Å²) in [6.07, 6.45) is 6.74. The Morgan fingerprint density at radius 2 is 2.31 bits per heavy atom. The minimum Gasteiger partial charge on any atom is -0.444 e. The topological polar surface area (TPSA) is 47.3 Å². The number of rotatable bonds is 4. The number of nitrogens with zero attached hydrogens (tertiary/aromatic N) is 1. The molecule has 1 unspecified atom stereocenters. The van der Waals surface area contributed by atoms with Gasteiger partial charge in [0.2, 0.25) is 5.89 Å². The molecule has 0 spiro atoms. The van der Waals surface area contributed by atoms with Gasteiger partial charge in [0.15, 0.2) is 0 Å². The monoisotopic (exact) mass is 222 g/mol. The number of nitrogens with one attached hydrogen (secondary N) is 1. The van der Waals surface area contributed by atoms with Crippen LogP contribution in [0.1, 0.15) is 43.3 Å². The zero-order chi connectivity index (χ0) is 10.8. The maximum Gasteiger partial charge on any atom is 0.208 e. The summed E-state index contributed by atoms with van der Waals surface area (Å²) in [5, 5.41) is 3.40. The smallest absolute Gasteiger partial charge is 0.208 e. The predicted octanol–water partition coefficient (Wildman–Crippen LogP) is 1.82. The van der Waals surface area contributed by atoms with E-state index in [0.29, 0.717) is 12.0 Å². The fourth-order valence-corrected chi connectivity index (χ4v) is 2.08. The Balaban J connectivity index is 1.57. The van der Waals surface area contributed by atoms with Gasteiger partial charge in [-0.15, -0.1) is 0 Å². The van der Waals surface area contributed by atoms with E-state index in [-0.39, 0.29) is 0 Å². The summed E-state index contributed by atoms with van der Waals surface area (Å²) in [4.78, 5) is 4.31. The van der Waals surface area contributed by atoms with Crippen LogP contribution in [0.2, 0.25) is 0 Å². The fourth-order valence-electron chi connectivity index (χ4n) is 2.08. The summed E-state index contributed by atoms with van der Waals surface area (Å²) in [6, 6.07) is 0.702. The number of ether oxygens (including phenoxy) is 1. The van der Waals surface area contributed by atoms with Gasteiger partial charge in [0.05, 0.1) is 19.3 Å². The van der Waals surface area contributed by atoms with Gasteiger partial charge in [-0.05, 0) is 25.7 Å². The summed E-state index contributed by atoms with van der Waals surface area (Å²) in [6.45, 7) is 2.43. The number of oxazole rings is 1. The molecule has 1 aromatic rings. The van der Waals surface area contributed by atoms with Crippen LogP contribution in [0.15, 0.2) is 10.6 Å². The van der Waals surface area contributed by atoms with Crippen molar-refractivity contribution in [3.63, 3.8) is 0 Å². The zero-order valence-corrected chi connectivity index (χ0v) is 9.45. The van der Waals surface area contributed by atoms with Crippen molar-refractivity contribution in [2.75, 3.05) is 13.2 Å². The van der Waals surface area contributed by atoms with Crippen LogP contribution in [0.4, 0.5) is 0 Å². The van der Waals surface area contributed by atoms with E-state index in [4.69, 9.17) is 9.15 Å². The highest BCUT2D eigenvalue weighted by Gasteiger charge is 2.22. The second-order valence-corrected chi connectivity index (χ2v) is 4.73. The third-order valence-electron chi connectivity index (χ3n) is 3.25. The van der Waals surface area contributed by atoms with Crippen LogP contribution < -0.4 is 5.32 Å². The molecule has 88 valence electrons. The molecule has 2 aliphatic rings. The first-order valence-corrected chi connectivity index (χ1v) is 6.17. The Morgan fingerprint density at radius 1 is 1.38 bits per heavy atom. The van der Waals surface area contributed by atoms with Crippen molar-refractivity contribution in [2.45, 2.75) is 44.2 Å². The quantitative estimate of drug-likeness (QED) is 0.844. The Morgan fingerprint density at radius 3 is 3.06 bits per heavy atom. The summed E-state index contributed by atoms with van der Waals surface area (Å²) >= 11 is 0. The molecular formula is C12H18N2O2. The van der Waals surface area contributed by atoms with Crippen LogP contribution in [-0.2, 0) is 11.3 Å². The molecule has 2 heterocycles. The lowest BCUT2D eigenvalue weighted by atomic mass is 10.0. The fraction of sp³-hybridized carbons (Fsp3) is 0.750. The number of hydrogen-bond acceptors (Lipinski definition) is 4. The van der Waals surface area contributed by atoms with Gasteiger partial charge in [-0.1, -0.05) is 0 Å². The Kier molecular flexibility index (Phi) is 2.93. The summed E-state index contributed by atoms with van der Waals surface area (Å²) in [5.41, 5.74) is 0. The van der Waals surface area contributed by atoms with Crippen molar-refractivity contribution in [3.05, 3.63) is 17.8 Å². The Bertz CT molecular complexity index is 341. The van der Waals surface area contributed by atoms with Crippen LogP contribution in [0, 0.1) is 0 Å². The van der Waals surface area contributed by atoms with E-state index < -0.39 is 0 Å². The van der Waals surface area contributed by atoms with Crippen molar-refractivity contribution < 1.29 is 9.15 Å². The summed E-state index contributed by atoms with van der Waals surface area (Å²) < 4.78 is 11.2. The lowest BCUT2D eigenvalue weighted by molar-refractivity contribution is 0.0737. The van der Waals surface area contributed by atoms with E-state index >= 15 is 0 Å². The highest BCUT2D eigenvalue weighted by atomic mass is 16.5. The van der Waals surface area contributed by atoms with Gasteiger partial charge in [-0.2, -0.15) is 0 Å². The van der Waals surface area contributed by atoms with E-state index in [2.05, 4.69) is 10.3 Å². The first kappa shape index (κ1) is 10.3. The molecule has 4 heteroatoms. The molecule has 3 rings (SSSR count). The predicted molar refractivity (Wildman–Crippen MR) is 59.2 cm³/mol. The Hall–Kier alpha value is -0.870. The number of aromatic nitrogens is 1. The summed E-state index contributed by atoms with van der Waals surface area (Å²) in [7, 11) is 0. The van der Waals surface area contributed by atoms with Crippen LogP contribution in [-0.4, -0.2) is 24.2 Å². The van der Waals surface area contributed by atoms with Gasteiger partial charge in [-0.25, -0.2) is 4.98 Å². The third-order valence-corrected chi connectivity index (χ3v) is 3.25. The average molecular weight is 222 g/mol. The van der Waals surface area contributed by atoms with E-state index in [1.54, 1.807) is 0 Å². The largest absolute Gasteiger partial charge is 0.444 e. The van der Waals surface area contributed by atoms with Gasteiger partial charge in [0.25, 0.3) is 0 Å².